The second-order valence-corrected chi connectivity index (χ2v) is 15.8. The van der Waals surface area contributed by atoms with E-state index in [0.29, 0.717) is 47.7 Å². The van der Waals surface area contributed by atoms with Gasteiger partial charge in [0.15, 0.2) is 11.6 Å². The highest BCUT2D eigenvalue weighted by Gasteiger charge is 2.26. The minimum atomic E-state index is -0.373. The maximum absolute atomic E-state index is 11.9. The Balaban J connectivity index is 0.000000180. The zero-order valence-corrected chi connectivity index (χ0v) is 33.9. The van der Waals surface area contributed by atoms with Crippen molar-refractivity contribution in [3.05, 3.63) is 96.1 Å². The average Bonchev–Trinajstić information content (AvgIpc) is 3.22. The average molecular weight is 783 g/mol. The molecule has 0 aliphatic carbocycles. The Morgan fingerprint density at radius 1 is 0.741 bits per heavy atom. The summed E-state index contributed by atoms with van der Waals surface area (Å²) in [5.41, 5.74) is 11.2. The number of ether oxygens (including phenoxy) is 1. The van der Waals surface area contributed by atoms with E-state index in [1.54, 1.807) is 24.3 Å². The van der Waals surface area contributed by atoms with E-state index in [1.165, 1.54) is 6.42 Å². The molecule has 302 valence electrons. The van der Waals surface area contributed by atoms with Crippen molar-refractivity contribution >= 4 is 39.5 Å². The Hall–Kier alpha value is -6.01. The number of aryl methyl sites for hydroxylation is 2. The van der Waals surface area contributed by atoms with Gasteiger partial charge in [0, 0.05) is 43.5 Å². The van der Waals surface area contributed by atoms with Crippen LogP contribution in [0.1, 0.15) is 50.7 Å². The number of piperidine rings is 2. The molecule has 6 aromatic rings. The first kappa shape index (κ1) is 40.2. The van der Waals surface area contributed by atoms with Gasteiger partial charge in [0.05, 0.1) is 28.3 Å². The van der Waals surface area contributed by atoms with Crippen molar-refractivity contribution in [3.8, 4) is 34.3 Å². The first-order valence-corrected chi connectivity index (χ1v) is 20.3. The molecule has 2 atom stereocenters. The van der Waals surface area contributed by atoms with Crippen molar-refractivity contribution in [2.45, 2.75) is 59.5 Å². The molecule has 2 saturated heterocycles. The number of anilines is 2. The second-order valence-electron chi connectivity index (χ2n) is 15.8. The fraction of sp³-hybridized carbons (Fsp3) is 0.370. The molecule has 4 aromatic carbocycles. The number of carbonyl (C=O) groups excluding carboxylic acids is 1. The molecular formula is C46H54N8O4. The largest absolute Gasteiger partial charge is 0.507 e. The topological polar surface area (TPSA) is 163 Å². The van der Waals surface area contributed by atoms with Gasteiger partial charge in [-0.1, -0.05) is 36.4 Å². The van der Waals surface area contributed by atoms with E-state index in [1.807, 2.05) is 45.0 Å². The molecule has 12 nitrogen and oxygen atoms in total. The van der Waals surface area contributed by atoms with Crippen molar-refractivity contribution in [1.82, 2.24) is 25.3 Å². The Kier molecular flexibility index (Phi) is 12.5. The predicted octanol–water partition coefficient (Wildman–Crippen LogP) is 8.15. The number of alkyl carbamates (subject to hydrolysis) is 1. The van der Waals surface area contributed by atoms with Gasteiger partial charge in [0.2, 0.25) is 0 Å². The van der Waals surface area contributed by atoms with Crippen LogP contribution in [0.4, 0.5) is 16.4 Å². The molecule has 5 N–H and O–H groups in total. The molecule has 0 unspecified atom stereocenters. The molecule has 2 aliphatic rings. The number of benzene rings is 4. The maximum atomic E-state index is 11.9. The zero-order chi connectivity index (χ0) is 40.8. The van der Waals surface area contributed by atoms with Gasteiger partial charge < -0.3 is 35.8 Å². The lowest BCUT2D eigenvalue weighted by molar-refractivity contribution is 0.114. The van der Waals surface area contributed by atoms with E-state index in [-0.39, 0.29) is 23.7 Å². The normalized spacial score (nSPS) is 16.9. The van der Waals surface area contributed by atoms with Gasteiger partial charge in [-0.3, -0.25) is 0 Å². The number of rotatable bonds is 8. The lowest BCUT2D eigenvalue weighted by atomic mass is 9.97. The van der Waals surface area contributed by atoms with Crippen LogP contribution in [-0.2, 0) is 4.74 Å². The molecule has 8 rings (SSSR count). The molecule has 2 aromatic heterocycles. The fourth-order valence-electron chi connectivity index (χ4n) is 7.85. The SMILES string of the molecule is Cc1ccc2c(N3CCC[C@@H](CN)C3)nc(-c3ccccc3O)nc2c1.Cc1ccc2c(N3CCC[C@@H](CNC(=O)OC(C)C)C3)nc(-c3ccccc3O)nc2c1. The number of fused-ring (bicyclic) bond motifs is 2. The van der Waals surface area contributed by atoms with Crippen LogP contribution >= 0.6 is 0 Å². The smallest absolute Gasteiger partial charge is 0.407 e. The standard InChI is InChI=1S/C25H30N4O3.C21H24N4O/c1-16(2)32-25(31)26-14-18-7-6-12-29(15-18)24-19-11-10-17(3)13-21(19)27-23(28-24)20-8-4-5-9-22(20)30;1-14-8-9-16-18(11-14)23-20(17-6-2-3-7-19(17)26)24-21(16)25-10-4-5-15(12-22)13-25/h4-5,8-11,13,16,18,30H,6-7,12,14-15H2,1-3H3,(H,26,31);2-3,6-9,11,15,26H,4-5,10,12-13,22H2,1H3/t18-;15-/m00/s1. The zero-order valence-electron chi connectivity index (χ0n) is 33.9. The Morgan fingerprint density at radius 2 is 1.22 bits per heavy atom. The third kappa shape index (κ3) is 9.40. The first-order chi connectivity index (χ1) is 28.1. The molecule has 0 radical (unpaired) electrons. The summed E-state index contributed by atoms with van der Waals surface area (Å²) in [5.74, 6) is 4.02. The minimum absolute atomic E-state index is 0.137. The number of aromatic hydroxyl groups is 2. The number of nitrogens with one attached hydrogen (secondary N) is 1. The highest BCUT2D eigenvalue weighted by atomic mass is 16.6. The number of nitrogens with two attached hydrogens (primary N) is 1. The third-order valence-electron chi connectivity index (χ3n) is 10.8. The van der Waals surface area contributed by atoms with E-state index in [4.69, 9.17) is 30.4 Å². The van der Waals surface area contributed by atoms with Crippen LogP contribution in [0.25, 0.3) is 44.6 Å². The summed E-state index contributed by atoms with van der Waals surface area (Å²) in [6.45, 7) is 12.6. The number of nitrogens with zero attached hydrogens (tertiary/aromatic N) is 6. The monoisotopic (exact) mass is 782 g/mol. The number of phenols is 2. The number of phenolic OH excluding ortho intramolecular Hbond substituents is 2. The molecule has 0 saturated carbocycles. The van der Waals surface area contributed by atoms with Crippen LogP contribution < -0.4 is 20.9 Å². The molecule has 2 aliphatic heterocycles. The number of amides is 1. The summed E-state index contributed by atoms with van der Waals surface area (Å²) in [6, 6.07) is 26.8. The number of aromatic nitrogens is 4. The second kappa shape index (κ2) is 18.1. The van der Waals surface area contributed by atoms with E-state index in [2.05, 4.69) is 58.4 Å². The summed E-state index contributed by atoms with van der Waals surface area (Å²) < 4.78 is 5.19. The van der Waals surface area contributed by atoms with Gasteiger partial charge in [0.1, 0.15) is 23.1 Å². The third-order valence-corrected chi connectivity index (χ3v) is 10.8. The van der Waals surface area contributed by atoms with Crippen LogP contribution in [0.15, 0.2) is 84.9 Å². The Morgan fingerprint density at radius 3 is 1.71 bits per heavy atom. The summed E-state index contributed by atoms with van der Waals surface area (Å²) in [7, 11) is 0. The van der Waals surface area contributed by atoms with Gasteiger partial charge in [-0.15, -0.1) is 0 Å². The van der Waals surface area contributed by atoms with Crippen LogP contribution in [0.2, 0.25) is 0 Å². The van der Waals surface area contributed by atoms with Gasteiger partial charge in [-0.05, 0) is 131 Å². The van der Waals surface area contributed by atoms with Gasteiger partial charge in [0.25, 0.3) is 0 Å². The molecule has 58 heavy (non-hydrogen) atoms. The lowest BCUT2D eigenvalue weighted by Crippen LogP contribution is -2.41. The summed E-state index contributed by atoms with van der Waals surface area (Å²) in [6.07, 6.45) is 3.82. The molecule has 4 heterocycles. The highest BCUT2D eigenvalue weighted by molar-refractivity contribution is 5.93. The summed E-state index contributed by atoms with van der Waals surface area (Å²) in [5, 5.41) is 25.6. The van der Waals surface area contributed by atoms with Crippen molar-refractivity contribution in [3.63, 3.8) is 0 Å². The highest BCUT2D eigenvalue weighted by Crippen LogP contribution is 2.35. The van der Waals surface area contributed by atoms with Gasteiger partial charge >= 0.3 is 6.09 Å². The predicted molar refractivity (Wildman–Crippen MR) is 231 cm³/mol. The van der Waals surface area contributed by atoms with Crippen molar-refractivity contribution in [2.24, 2.45) is 17.6 Å². The van der Waals surface area contributed by atoms with Gasteiger partial charge in [-0.2, -0.15) is 0 Å². The van der Waals surface area contributed by atoms with Crippen LogP contribution in [0, 0.1) is 25.7 Å². The van der Waals surface area contributed by atoms with E-state index >= 15 is 0 Å². The van der Waals surface area contributed by atoms with Crippen LogP contribution in [0.3, 0.4) is 0 Å². The molecule has 2 fully saturated rings. The molecular weight excluding hydrogens is 729 g/mol. The Labute approximate surface area is 340 Å². The van der Waals surface area contributed by atoms with E-state index in [0.717, 1.165) is 90.0 Å². The molecule has 0 spiro atoms. The number of hydrogen-bond acceptors (Lipinski definition) is 11. The Bertz CT molecular complexity index is 2390. The number of para-hydroxylation sites is 2. The number of carbonyl (C=O) groups is 1. The van der Waals surface area contributed by atoms with Crippen LogP contribution in [-0.4, -0.2) is 81.6 Å². The molecule has 12 heteroatoms. The van der Waals surface area contributed by atoms with E-state index < -0.39 is 0 Å². The van der Waals surface area contributed by atoms with Gasteiger partial charge in [-0.25, -0.2) is 24.7 Å². The fourth-order valence-corrected chi connectivity index (χ4v) is 7.85. The quantitative estimate of drug-likeness (QED) is 0.118. The van der Waals surface area contributed by atoms with Crippen LogP contribution in [0.5, 0.6) is 11.5 Å². The molecule has 1 amide bonds. The van der Waals surface area contributed by atoms with Crippen molar-refractivity contribution in [2.75, 3.05) is 49.1 Å². The maximum Gasteiger partial charge on any atom is 0.407 e. The minimum Gasteiger partial charge on any atom is -0.507 e. The lowest BCUT2D eigenvalue weighted by Gasteiger charge is -2.34. The summed E-state index contributed by atoms with van der Waals surface area (Å²) >= 11 is 0. The number of hydrogen-bond donors (Lipinski definition) is 4. The summed E-state index contributed by atoms with van der Waals surface area (Å²) in [4.78, 5) is 35.8. The van der Waals surface area contributed by atoms with Crippen molar-refractivity contribution < 1.29 is 19.7 Å². The van der Waals surface area contributed by atoms with Crippen molar-refractivity contribution in [1.29, 1.82) is 0 Å². The van der Waals surface area contributed by atoms with E-state index in [9.17, 15) is 15.0 Å². The molecule has 0 bridgehead atoms. The first-order valence-electron chi connectivity index (χ1n) is 20.3.